The molecule has 2 heterocycles. The smallest absolute Gasteiger partial charge is 0.338 e. The zero-order valence-corrected chi connectivity index (χ0v) is 18.5. The van der Waals surface area contributed by atoms with E-state index in [4.69, 9.17) is 4.74 Å². The van der Waals surface area contributed by atoms with Crippen LogP contribution in [0.15, 0.2) is 24.3 Å². The minimum Gasteiger partial charge on any atom is -0.492 e. The predicted octanol–water partition coefficient (Wildman–Crippen LogP) is 1.12. The molecule has 2 saturated heterocycles. The summed E-state index contributed by atoms with van der Waals surface area (Å²) in [6.07, 6.45) is 3.90. The number of para-hydroxylation sites is 2. The molecule has 168 valence electrons. The average molecular weight is 430 g/mol. The van der Waals surface area contributed by atoms with Gasteiger partial charge in [-0.2, -0.15) is 0 Å². The van der Waals surface area contributed by atoms with E-state index >= 15 is 0 Å². The van der Waals surface area contributed by atoms with Gasteiger partial charge < -0.3 is 14.5 Å². The first-order valence-corrected chi connectivity index (χ1v) is 11.5. The maximum atomic E-state index is 13.0. The Bertz CT molecular complexity index is 837. The quantitative estimate of drug-likeness (QED) is 0.542. The van der Waals surface area contributed by atoms with Crippen LogP contribution in [-0.4, -0.2) is 73.1 Å². The summed E-state index contributed by atoms with van der Waals surface area (Å²) >= 11 is 0. The van der Waals surface area contributed by atoms with Crippen LogP contribution in [0.3, 0.4) is 0 Å². The van der Waals surface area contributed by atoms with Crippen molar-refractivity contribution in [2.45, 2.75) is 45.6 Å². The first kappa shape index (κ1) is 21.6. The highest BCUT2D eigenvalue weighted by atomic mass is 16.5. The van der Waals surface area contributed by atoms with E-state index < -0.39 is 17.8 Å². The molecule has 1 aromatic rings. The standard InChI is InChI=1S/C23H32N4O4/c1-3-31-20-11-7-6-10-19(20)25-14-12-24(13-15-25)16-26-21(28)22(29)27(23(26)30)18-9-5-4-8-17(18)2/h6-7,10-11,17-18H,3-5,8-9,12-16H2,1-2H3/p+1/t17-,18-/m0/s1. The summed E-state index contributed by atoms with van der Waals surface area (Å²) < 4.78 is 5.75. The number of benzene rings is 1. The number of anilines is 1. The van der Waals surface area contributed by atoms with Crippen molar-refractivity contribution in [2.24, 2.45) is 5.92 Å². The highest BCUT2D eigenvalue weighted by Gasteiger charge is 2.50. The molecule has 3 fully saturated rings. The largest absolute Gasteiger partial charge is 0.492 e. The Kier molecular flexibility index (Phi) is 6.46. The third-order valence-corrected chi connectivity index (χ3v) is 6.84. The molecule has 1 N–H and O–H groups in total. The lowest BCUT2D eigenvalue weighted by Crippen LogP contribution is -3.16. The van der Waals surface area contributed by atoms with Crippen LogP contribution >= 0.6 is 0 Å². The minimum atomic E-state index is -0.667. The molecule has 3 aliphatic rings. The summed E-state index contributed by atoms with van der Waals surface area (Å²) in [5, 5.41) is 0. The van der Waals surface area contributed by atoms with E-state index in [1.165, 1.54) is 9.80 Å². The molecule has 0 radical (unpaired) electrons. The van der Waals surface area contributed by atoms with Gasteiger partial charge in [0.15, 0.2) is 6.67 Å². The van der Waals surface area contributed by atoms with Crippen LogP contribution in [0.4, 0.5) is 10.5 Å². The van der Waals surface area contributed by atoms with Gasteiger partial charge in [-0.3, -0.25) is 14.5 Å². The van der Waals surface area contributed by atoms with Crippen LogP contribution in [0.5, 0.6) is 5.75 Å². The van der Waals surface area contributed by atoms with Gasteiger partial charge in [0.25, 0.3) is 0 Å². The summed E-state index contributed by atoms with van der Waals surface area (Å²) in [5.74, 6) is -0.191. The Balaban J connectivity index is 1.38. The van der Waals surface area contributed by atoms with Crippen LogP contribution in [-0.2, 0) is 9.59 Å². The zero-order chi connectivity index (χ0) is 22.0. The Morgan fingerprint density at radius 1 is 1.03 bits per heavy atom. The summed E-state index contributed by atoms with van der Waals surface area (Å²) in [5.41, 5.74) is 1.07. The lowest BCUT2D eigenvalue weighted by Gasteiger charge is -2.36. The highest BCUT2D eigenvalue weighted by molar-refractivity contribution is 6.44. The second kappa shape index (κ2) is 9.26. The van der Waals surface area contributed by atoms with E-state index in [0.717, 1.165) is 68.2 Å². The molecule has 0 spiro atoms. The molecule has 0 bridgehead atoms. The van der Waals surface area contributed by atoms with E-state index in [1.54, 1.807) is 0 Å². The first-order chi connectivity index (χ1) is 15.0. The molecule has 31 heavy (non-hydrogen) atoms. The number of hydrogen-bond donors (Lipinski definition) is 1. The maximum absolute atomic E-state index is 13.0. The van der Waals surface area contributed by atoms with E-state index in [9.17, 15) is 14.4 Å². The van der Waals surface area contributed by atoms with Gasteiger partial charge in [-0.15, -0.1) is 0 Å². The number of rotatable bonds is 6. The summed E-state index contributed by atoms with van der Waals surface area (Å²) in [7, 11) is 0. The third-order valence-electron chi connectivity index (χ3n) is 6.84. The lowest BCUT2D eigenvalue weighted by molar-refractivity contribution is -0.907. The Hall–Kier alpha value is -2.61. The summed E-state index contributed by atoms with van der Waals surface area (Å²) in [4.78, 5) is 44.1. The molecule has 0 aromatic heterocycles. The normalized spacial score (nSPS) is 25.5. The van der Waals surface area contributed by atoms with Crippen LogP contribution in [0, 0.1) is 5.92 Å². The van der Waals surface area contributed by atoms with Crippen molar-refractivity contribution in [2.75, 3.05) is 44.4 Å². The lowest BCUT2D eigenvalue weighted by atomic mass is 9.85. The Morgan fingerprint density at radius 3 is 2.45 bits per heavy atom. The Morgan fingerprint density at radius 2 is 1.74 bits per heavy atom. The SMILES string of the molecule is CCOc1ccccc1N1CC[NH+](CN2C(=O)C(=O)N([C@H]3CCCC[C@@H]3C)C2=O)CC1. The van der Waals surface area contributed by atoms with Gasteiger partial charge in [0.05, 0.1) is 38.5 Å². The van der Waals surface area contributed by atoms with E-state index in [2.05, 4.69) is 17.9 Å². The number of hydrogen-bond acceptors (Lipinski definition) is 5. The van der Waals surface area contributed by atoms with E-state index in [-0.39, 0.29) is 18.6 Å². The molecule has 1 aromatic carbocycles. The molecule has 8 nitrogen and oxygen atoms in total. The fourth-order valence-electron chi connectivity index (χ4n) is 5.08. The molecule has 2 atom stereocenters. The first-order valence-electron chi connectivity index (χ1n) is 11.5. The molecule has 4 amide bonds. The third kappa shape index (κ3) is 4.26. The van der Waals surface area contributed by atoms with Crippen molar-refractivity contribution >= 4 is 23.5 Å². The zero-order valence-electron chi connectivity index (χ0n) is 18.5. The average Bonchev–Trinajstić information content (AvgIpc) is 2.99. The van der Waals surface area contributed by atoms with Crippen LogP contribution in [0.25, 0.3) is 0 Å². The Labute approximate surface area is 183 Å². The molecule has 4 rings (SSSR count). The minimum absolute atomic E-state index is 0.149. The van der Waals surface area contributed by atoms with Crippen molar-refractivity contribution < 1.29 is 24.0 Å². The molecule has 0 unspecified atom stereocenters. The van der Waals surface area contributed by atoms with Gasteiger partial charge in [0.1, 0.15) is 5.75 Å². The molecule has 2 aliphatic heterocycles. The van der Waals surface area contributed by atoms with Crippen LogP contribution < -0.4 is 14.5 Å². The van der Waals surface area contributed by atoms with Crippen molar-refractivity contribution in [3.63, 3.8) is 0 Å². The number of imide groups is 2. The van der Waals surface area contributed by atoms with Gasteiger partial charge >= 0.3 is 17.8 Å². The number of nitrogens with zero attached hydrogens (tertiary/aromatic N) is 3. The van der Waals surface area contributed by atoms with Crippen LogP contribution in [0.1, 0.15) is 39.5 Å². The van der Waals surface area contributed by atoms with Crippen molar-refractivity contribution in [1.82, 2.24) is 9.80 Å². The van der Waals surface area contributed by atoms with Gasteiger partial charge in [0.2, 0.25) is 0 Å². The second-order valence-electron chi connectivity index (χ2n) is 8.82. The summed E-state index contributed by atoms with van der Waals surface area (Å²) in [6, 6.07) is 7.44. The fraction of sp³-hybridized carbons (Fsp3) is 0.609. The monoisotopic (exact) mass is 429 g/mol. The van der Waals surface area contributed by atoms with Crippen molar-refractivity contribution in [1.29, 1.82) is 0 Å². The number of carbonyl (C=O) groups excluding carboxylic acids is 3. The van der Waals surface area contributed by atoms with E-state index in [0.29, 0.717) is 6.61 Å². The number of quaternary nitrogens is 1. The topological polar surface area (TPSA) is 74.6 Å². The molecule has 1 aliphatic carbocycles. The number of carbonyl (C=O) groups is 3. The summed E-state index contributed by atoms with van der Waals surface area (Å²) in [6.45, 7) is 8.08. The molecular weight excluding hydrogens is 396 g/mol. The number of nitrogens with one attached hydrogen (secondary N) is 1. The second-order valence-corrected chi connectivity index (χ2v) is 8.82. The molecule has 1 saturated carbocycles. The van der Waals surface area contributed by atoms with Crippen LogP contribution in [0.2, 0.25) is 0 Å². The number of amides is 4. The molecule has 8 heteroatoms. The van der Waals surface area contributed by atoms with Gasteiger partial charge in [-0.25, -0.2) is 9.69 Å². The van der Waals surface area contributed by atoms with Gasteiger partial charge in [-0.1, -0.05) is 31.9 Å². The molecular formula is C23H33N4O4+. The van der Waals surface area contributed by atoms with Gasteiger partial charge in [-0.05, 0) is 37.8 Å². The fourth-order valence-corrected chi connectivity index (χ4v) is 5.08. The maximum Gasteiger partial charge on any atom is 0.338 e. The number of ether oxygens (including phenoxy) is 1. The van der Waals surface area contributed by atoms with Crippen molar-refractivity contribution in [3.05, 3.63) is 24.3 Å². The van der Waals surface area contributed by atoms with E-state index in [1.807, 2.05) is 25.1 Å². The predicted molar refractivity (Wildman–Crippen MR) is 116 cm³/mol. The van der Waals surface area contributed by atoms with Crippen molar-refractivity contribution in [3.8, 4) is 5.75 Å². The number of piperazine rings is 1. The van der Waals surface area contributed by atoms with Gasteiger partial charge in [0, 0.05) is 6.04 Å². The number of urea groups is 1. The highest BCUT2D eigenvalue weighted by Crippen LogP contribution is 2.31.